The average molecular weight is 344 g/mol. The number of hydrogen-bond acceptors (Lipinski definition) is 2. The van der Waals surface area contributed by atoms with Crippen molar-refractivity contribution in [2.24, 2.45) is 0 Å². The molecule has 0 bridgehead atoms. The molecule has 0 aliphatic carbocycles. The maximum absolute atomic E-state index is 10.7. The van der Waals surface area contributed by atoms with E-state index in [-0.39, 0.29) is 30.7 Å². The minimum Gasteiger partial charge on any atom is -0.285 e. The summed E-state index contributed by atoms with van der Waals surface area (Å²) in [4.78, 5) is 0. The van der Waals surface area contributed by atoms with Gasteiger partial charge in [-0.05, 0) is 0 Å². The molecular formula is C7H3Cl5O3S. The number of halogens is 5. The molecule has 90 valence electrons. The zero-order valence-electron chi connectivity index (χ0n) is 7.27. The van der Waals surface area contributed by atoms with E-state index >= 15 is 0 Å². The van der Waals surface area contributed by atoms with Crippen LogP contribution in [0.4, 0.5) is 0 Å². The summed E-state index contributed by atoms with van der Waals surface area (Å²) in [5, 5.41) is -0.609. The van der Waals surface area contributed by atoms with Crippen LogP contribution in [0.25, 0.3) is 0 Å². The highest BCUT2D eigenvalue weighted by Crippen LogP contribution is 2.44. The van der Waals surface area contributed by atoms with E-state index < -0.39 is 15.9 Å². The van der Waals surface area contributed by atoms with Crippen molar-refractivity contribution in [2.45, 2.75) is 5.75 Å². The predicted octanol–water partition coefficient (Wildman–Crippen LogP) is 4.34. The smallest absolute Gasteiger partial charge is 0.269 e. The molecule has 0 fully saturated rings. The lowest BCUT2D eigenvalue weighted by molar-refractivity contribution is 0.482. The van der Waals surface area contributed by atoms with E-state index in [0.29, 0.717) is 0 Å². The van der Waals surface area contributed by atoms with Gasteiger partial charge in [0.25, 0.3) is 10.1 Å². The molecule has 1 N–H and O–H groups in total. The van der Waals surface area contributed by atoms with E-state index in [0.717, 1.165) is 0 Å². The summed E-state index contributed by atoms with van der Waals surface area (Å²) < 4.78 is 30.2. The van der Waals surface area contributed by atoms with E-state index in [1.165, 1.54) is 0 Å². The van der Waals surface area contributed by atoms with Gasteiger partial charge in [-0.15, -0.1) is 0 Å². The van der Waals surface area contributed by atoms with Crippen molar-refractivity contribution in [1.82, 2.24) is 0 Å². The Morgan fingerprint density at radius 3 is 1.44 bits per heavy atom. The van der Waals surface area contributed by atoms with Gasteiger partial charge in [0, 0.05) is 5.56 Å². The lowest BCUT2D eigenvalue weighted by Crippen LogP contribution is -2.03. The molecule has 0 aromatic heterocycles. The molecule has 0 spiro atoms. The van der Waals surface area contributed by atoms with Crippen LogP contribution in [0.15, 0.2) is 0 Å². The van der Waals surface area contributed by atoms with Crippen LogP contribution >= 0.6 is 58.0 Å². The van der Waals surface area contributed by atoms with E-state index in [4.69, 9.17) is 62.6 Å². The Morgan fingerprint density at radius 2 is 1.12 bits per heavy atom. The van der Waals surface area contributed by atoms with Crippen LogP contribution < -0.4 is 0 Å². The largest absolute Gasteiger partial charge is 0.285 e. The van der Waals surface area contributed by atoms with E-state index in [9.17, 15) is 8.42 Å². The highest BCUT2D eigenvalue weighted by atomic mass is 35.5. The second-order valence-electron chi connectivity index (χ2n) is 2.77. The minimum absolute atomic E-state index is 0.0718. The van der Waals surface area contributed by atoms with Gasteiger partial charge in [0.2, 0.25) is 0 Å². The molecular weight excluding hydrogens is 341 g/mol. The van der Waals surface area contributed by atoms with Gasteiger partial charge in [-0.25, -0.2) is 0 Å². The summed E-state index contributed by atoms with van der Waals surface area (Å²) in [6.45, 7) is 0. The third-order valence-electron chi connectivity index (χ3n) is 1.63. The number of hydrogen-bond donors (Lipinski definition) is 1. The quantitative estimate of drug-likeness (QED) is 0.493. The first-order valence-corrected chi connectivity index (χ1v) is 7.10. The van der Waals surface area contributed by atoms with Crippen molar-refractivity contribution in [2.75, 3.05) is 0 Å². The lowest BCUT2D eigenvalue weighted by Gasteiger charge is -2.10. The van der Waals surface area contributed by atoms with E-state index in [1.54, 1.807) is 0 Å². The van der Waals surface area contributed by atoms with Crippen LogP contribution in [0.2, 0.25) is 25.1 Å². The lowest BCUT2D eigenvalue weighted by atomic mass is 10.2. The molecule has 0 saturated heterocycles. The van der Waals surface area contributed by atoms with Gasteiger partial charge in [0.1, 0.15) is 5.75 Å². The molecule has 16 heavy (non-hydrogen) atoms. The maximum Gasteiger partial charge on any atom is 0.269 e. The zero-order chi connectivity index (χ0) is 12.7. The minimum atomic E-state index is -4.30. The Hall–Kier alpha value is 0.580. The zero-order valence-corrected chi connectivity index (χ0v) is 11.9. The summed E-state index contributed by atoms with van der Waals surface area (Å²) in [5.74, 6) is -0.790. The molecule has 0 radical (unpaired) electrons. The number of benzene rings is 1. The molecule has 0 unspecified atom stereocenters. The van der Waals surface area contributed by atoms with E-state index in [1.807, 2.05) is 0 Å². The SMILES string of the molecule is O=S(=O)(O)Cc1c(Cl)c(Cl)c(Cl)c(Cl)c1Cl. The van der Waals surface area contributed by atoms with Crippen molar-refractivity contribution < 1.29 is 13.0 Å². The Morgan fingerprint density at radius 1 is 0.812 bits per heavy atom. The van der Waals surface area contributed by atoms with Gasteiger partial charge in [0.15, 0.2) is 0 Å². The Labute approximate surface area is 117 Å². The Balaban J connectivity index is 3.52. The van der Waals surface area contributed by atoms with Crippen molar-refractivity contribution in [1.29, 1.82) is 0 Å². The molecule has 0 atom stereocenters. The summed E-state index contributed by atoms with van der Waals surface area (Å²) >= 11 is 28.6. The third kappa shape index (κ3) is 3.07. The van der Waals surface area contributed by atoms with Crippen molar-refractivity contribution in [3.8, 4) is 0 Å². The summed E-state index contributed by atoms with van der Waals surface area (Å²) in [7, 11) is -4.30. The van der Waals surface area contributed by atoms with Gasteiger partial charge in [-0.1, -0.05) is 58.0 Å². The molecule has 0 amide bonds. The fourth-order valence-corrected chi connectivity index (χ4v) is 3.08. The van der Waals surface area contributed by atoms with Gasteiger partial charge < -0.3 is 0 Å². The molecule has 0 aliphatic heterocycles. The van der Waals surface area contributed by atoms with Gasteiger partial charge in [-0.3, -0.25) is 4.55 Å². The maximum atomic E-state index is 10.7. The fourth-order valence-electron chi connectivity index (χ4n) is 0.959. The normalized spacial score (nSPS) is 11.9. The second kappa shape index (κ2) is 5.06. The highest BCUT2D eigenvalue weighted by Gasteiger charge is 2.22. The fraction of sp³-hybridized carbons (Fsp3) is 0.143. The van der Waals surface area contributed by atoms with Gasteiger partial charge in [-0.2, -0.15) is 8.42 Å². The van der Waals surface area contributed by atoms with Crippen LogP contribution in [0.3, 0.4) is 0 Å². The molecule has 9 heteroatoms. The second-order valence-corrected chi connectivity index (χ2v) is 6.12. The first-order valence-electron chi connectivity index (χ1n) is 3.60. The highest BCUT2D eigenvalue weighted by molar-refractivity contribution is 7.85. The van der Waals surface area contributed by atoms with Crippen LogP contribution in [0.5, 0.6) is 0 Å². The molecule has 0 aliphatic rings. The standard InChI is InChI=1S/C7H3Cl5O3S/c8-3-2(1-16(13,14)15)4(9)6(11)7(12)5(3)10/h1H2,(H,13,14,15). The van der Waals surface area contributed by atoms with Crippen molar-refractivity contribution in [3.05, 3.63) is 30.7 Å². The predicted molar refractivity (Wildman–Crippen MR) is 66.7 cm³/mol. The van der Waals surface area contributed by atoms with Crippen LogP contribution in [0.1, 0.15) is 5.56 Å². The van der Waals surface area contributed by atoms with Gasteiger partial charge >= 0.3 is 0 Å². The third-order valence-corrected chi connectivity index (χ3v) is 4.64. The van der Waals surface area contributed by atoms with Gasteiger partial charge in [0.05, 0.1) is 25.1 Å². The monoisotopic (exact) mass is 342 g/mol. The summed E-state index contributed by atoms with van der Waals surface area (Å²) in [5.41, 5.74) is -0.0924. The van der Waals surface area contributed by atoms with Crippen molar-refractivity contribution in [3.63, 3.8) is 0 Å². The summed E-state index contributed by atoms with van der Waals surface area (Å²) in [6.07, 6.45) is 0. The molecule has 0 saturated carbocycles. The van der Waals surface area contributed by atoms with Crippen LogP contribution in [0, 0.1) is 0 Å². The first kappa shape index (κ1) is 14.6. The Kier molecular flexibility index (Phi) is 4.63. The van der Waals surface area contributed by atoms with Crippen molar-refractivity contribution >= 4 is 68.1 Å². The Bertz CT molecular complexity index is 510. The average Bonchev–Trinajstić information content (AvgIpc) is 2.17. The first-order chi connectivity index (χ1) is 7.15. The summed E-state index contributed by atoms with van der Waals surface area (Å²) in [6, 6.07) is 0. The van der Waals surface area contributed by atoms with E-state index in [2.05, 4.69) is 0 Å². The molecule has 0 heterocycles. The topological polar surface area (TPSA) is 54.4 Å². The molecule has 1 rings (SSSR count). The number of rotatable bonds is 2. The molecule has 1 aromatic carbocycles. The van der Waals surface area contributed by atoms with Crippen LogP contribution in [-0.4, -0.2) is 13.0 Å². The molecule has 3 nitrogen and oxygen atoms in total. The van der Waals surface area contributed by atoms with Crippen LogP contribution in [-0.2, 0) is 15.9 Å². The molecule has 1 aromatic rings.